The Kier molecular flexibility index (Phi) is 5.59. The molecule has 0 spiro atoms. The molecule has 0 bridgehead atoms. The Morgan fingerprint density at radius 2 is 1.90 bits per heavy atom. The van der Waals surface area contributed by atoms with Gasteiger partial charge >= 0.3 is 6.03 Å². The third-order valence-corrected chi connectivity index (χ3v) is 6.68. The minimum Gasteiger partial charge on any atom is -0.365 e. The molecule has 1 aromatic rings. The number of likely N-dealkylation sites (tertiary alicyclic amines) is 1. The van der Waals surface area contributed by atoms with Gasteiger partial charge in [0.25, 0.3) is 5.91 Å². The number of nitrogens with zero attached hydrogens (tertiary/aromatic N) is 3. The third kappa shape index (κ3) is 3.96. The molecule has 0 saturated carbocycles. The number of carbonyl (C=O) groups excluding carboxylic acids is 3. The molecule has 0 aliphatic carbocycles. The quantitative estimate of drug-likeness (QED) is 0.672. The second kappa shape index (κ2) is 8.07. The second-order valence-electron chi connectivity index (χ2n) is 8.78. The fraction of sp³-hybridized carbons (Fsp3) is 0.571. The Hall–Kier alpha value is -2.75. The number of piperazine rings is 1. The lowest BCUT2D eigenvalue weighted by Gasteiger charge is -2.46. The van der Waals surface area contributed by atoms with Gasteiger partial charge < -0.3 is 20.0 Å². The van der Waals surface area contributed by atoms with E-state index in [-0.39, 0.29) is 36.6 Å². The van der Waals surface area contributed by atoms with Crippen molar-refractivity contribution in [2.75, 3.05) is 44.7 Å². The van der Waals surface area contributed by atoms with E-state index in [1.807, 2.05) is 18.9 Å². The predicted molar refractivity (Wildman–Crippen MR) is 109 cm³/mol. The van der Waals surface area contributed by atoms with Gasteiger partial charge in [0.15, 0.2) is 11.6 Å². The van der Waals surface area contributed by atoms with Gasteiger partial charge in [0.1, 0.15) is 5.54 Å². The van der Waals surface area contributed by atoms with Crippen LogP contribution in [-0.2, 0) is 9.59 Å². The maximum absolute atomic E-state index is 13.6. The van der Waals surface area contributed by atoms with Crippen molar-refractivity contribution in [3.05, 3.63) is 29.8 Å². The van der Waals surface area contributed by atoms with E-state index in [4.69, 9.17) is 0 Å². The highest BCUT2D eigenvalue weighted by molar-refractivity contribution is 6.07. The summed E-state index contributed by atoms with van der Waals surface area (Å²) in [6.07, 6.45) is 0.394. The molecule has 4 amide bonds. The van der Waals surface area contributed by atoms with Crippen LogP contribution in [0.25, 0.3) is 0 Å². The Morgan fingerprint density at radius 3 is 2.48 bits per heavy atom. The van der Waals surface area contributed by atoms with Gasteiger partial charge in [-0.3, -0.25) is 14.9 Å². The molecule has 10 heteroatoms. The average Bonchev–Trinajstić information content (AvgIpc) is 2.99. The topological polar surface area (TPSA) is 85.0 Å². The van der Waals surface area contributed by atoms with Gasteiger partial charge in [-0.15, -0.1) is 0 Å². The minimum absolute atomic E-state index is 0.0270. The Balaban J connectivity index is 1.37. The van der Waals surface area contributed by atoms with Gasteiger partial charge in [0.2, 0.25) is 5.91 Å². The largest absolute Gasteiger partial charge is 0.365 e. The Bertz CT molecular complexity index is 907. The van der Waals surface area contributed by atoms with Crippen LogP contribution < -0.4 is 15.5 Å². The summed E-state index contributed by atoms with van der Waals surface area (Å²) < 4.78 is 26.8. The van der Waals surface area contributed by atoms with Crippen LogP contribution in [0.4, 0.5) is 19.3 Å². The first-order valence-electron chi connectivity index (χ1n) is 10.5. The molecule has 1 unspecified atom stereocenters. The van der Waals surface area contributed by atoms with E-state index in [1.165, 1.54) is 12.1 Å². The van der Waals surface area contributed by atoms with Crippen LogP contribution in [0.3, 0.4) is 0 Å². The summed E-state index contributed by atoms with van der Waals surface area (Å²) in [7, 11) is 1.94. The summed E-state index contributed by atoms with van der Waals surface area (Å²) in [6, 6.07) is 3.22. The zero-order valence-electron chi connectivity index (χ0n) is 17.7. The molecule has 31 heavy (non-hydrogen) atoms. The number of amides is 4. The smallest absolute Gasteiger partial charge is 0.322 e. The van der Waals surface area contributed by atoms with Gasteiger partial charge in [-0.2, -0.15) is 0 Å². The normalized spacial score (nSPS) is 27.2. The molecule has 168 valence electrons. The number of rotatable bonds is 5. The van der Waals surface area contributed by atoms with Crippen LogP contribution >= 0.6 is 0 Å². The number of halogens is 2. The van der Waals surface area contributed by atoms with E-state index < -0.39 is 23.2 Å². The Morgan fingerprint density at radius 1 is 1.16 bits per heavy atom. The highest BCUT2D eigenvalue weighted by atomic mass is 19.2. The molecule has 3 heterocycles. The summed E-state index contributed by atoms with van der Waals surface area (Å²) >= 11 is 0. The zero-order chi connectivity index (χ0) is 22.3. The van der Waals surface area contributed by atoms with E-state index in [0.29, 0.717) is 38.4 Å². The molecule has 0 radical (unpaired) electrons. The van der Waals surface area contributed by atoms with Crippen molar-refractivity contribution in [3.8, 4) is 0 Å². The van der Waals surface area contributed by atoms with Gasteiger partial charge in [0.05, 0.1) is 0 Å². The van der Waals surface area contributed by atoms with E-state index in [9.17, 15) is 23.2 Å². The molecule has 0 aromatic heterocycles. The molecule has 3 saturated heterocycles. The van der Waals surface area contributed by atoms with E-state index in [0.717, 1.165) is 6.07 Å². The first-order chi connectivity index (χ1) is 14.7. The maximum Gasteiger partial charge on any atom is 0.322 e. The van der Waals surface area contributed by atoms with Crippen LogP contribution in [0.15, 0.2) is 18.2 Å². The highest BCUT2D eigenvalue weighted by Crippen LogP contribution is 2.33. The minimum atomic E-state index is -1.04. The van der Waals surface area contributed by atoms with Crippen molar-refractivity contribution in [1.82, 2.24) is 20.4 Å². The SMILES string of the molecule is C[C@H]1CN(C(=O)CCC2(C3CN(C)C3)NC(=O)NC2=O)CCN1c1ccc(F)c(F)c1. The number of nitrogens with one attached hydrogen (secondary N) is 2. The first kappa shape index (κ1) is 21.5. The number of imide groups is 1. The van der Waals surface area contributed by atoms with Gasteiger partial charge in [-0.05, 0) is 32.5 Å². The summed E-state index contributed by atoms with van der Waals surface area (Å²) in [5.41, 5.74) is -0.463. The standard InChI is InChI=1S/C21H27F2N5O3/c1-13-10-27(7-8-28(13)15-3-4-16(22)17(23)9-15)18(29)5-6-21(14-11-26(2)12-14)19(30)24-20(31)25-21/h3-4,9,13-14H,5-8,10-12H2,1-2H3,(H2,24,25,30,31)/t13-,21?/m0/s1. The molecule has 3 fully saturated rings. The summed E-state index contributed by atoms with van der Waals surface area (Å²) in [4.78, 5) is 43.0. The fourth-order valence-corrected chi connectivity index (χ4v) is 4.88. The zero-order valence-corrected chi connectivity index (χ0v) is 17.7. The molecule has 3 aliphatic rings. The third-order valence-electron chi connectivity index (χ3n) is 6.68. The molecule has 8 nitrogen and oxygen atoms in total. The van der Waals surface area contributed by atoms with Gasteiger partial charge in [-0.1, -0.05) is 0 Å². The van der Waals surface area contributed by atoms with E-state index >= 15 is 0 Å². The number of hydrogen-bond acceptors (Lipinski definition) is 5. The number of urea groups is 1. The lowest BCUT2D eigenvalue weighted by Crippen LogP contribution is -2.64. The van der Waals surface area contributed by atoms with Crippen molar-refractivity contribution in [2.24, 2.45) is 5.92 Å². The molecule has 2 atom stereocenters. The lowest BCUT2D eigenvalue weighted by molar-refractivity contribution is -0.134. The average molecular weight is 435 g/mol. The number of anilines is 1. The predicted octanol–water partition coefficient (Wildman–Crippen LogP) is 0.922. The second-order valence-corrected chi connectivity index (χ2v) is 8.78. The molecular formula is C21H27F2N5O3. The highest BCUT2D eigenvalue weighted by Gasteiger charge is 2.54. The van der Waals surface area contributed by atoms with Crippen LogP contribution in [0.1, 0.15) is 19.8 Å². The monoisotopic (exact) mass is 435 g/mol. The lowest BCUT2D eigenvalue weighted by atomic mass is 9.75. The molecular weight excluding hydrogens is 408 g/mol. The van der Waals surface area contributed by atoms with Gasteiger partial charge in [-0.25, -0.2) is 13.6 Å². The summed E-state index contributed by atoms with van der Waals surface area (Å²) in [5.74, 6) is -2.26. The fourth-order valence-electron chi connectivity index (χ4n) is 4.88. The number of hydrogen-bond donors (Lipinski definition) is 2. The van der Waals surface area contributed by atoms with Crippen molar-refractivity contribution in [2.45, 2.75) is 31.3 Å². The van der Waals surface area contributed by atoms with E-state index in [2.05, 4.69) is 15.5 Å². The maximum atomic E-state index is 13.6. The van der Waals surface area contributed by atoms with E-state index in [1.54, 1.807) is 4.90 Å². The van der Waals surface area contributed by atoms with Crippen molar-refractivity contribution in [3.63, 3.8) is 0 Å². The van der Waals surface area contributed by atoms with Crippen molar-refractivity contribution >= 4 is 23.5 Å². The Labute approximate surface area is 179 Å². The van der Waals surface area contributed by atoms with Gasteiger partial charge in [0, 0.05) is 62.9 Å². The summed E-state index contributed by atoms with van der Waals surface area (Å²) in [6.45, 7) is 4.68. The molecule has 3 aliphatic heterocycles. The number of carbonyl (C=O) groups is 3. The molecule has 2 N–H and O–H groups in total. The number of benzene rings is 1. The van der Waals surface area contributed by atoms with Crippen LogP contribution in [0.2, 0.25) is 0 Å². The van der Waals surface area contributed by atoms with Crippen LogP contribution in [0, 0.1) is 17.6 Å². The molecule has 4 rings (SSSR count). The van der Waals surface area contributed by atoms with Crippen LogP contribution in [0.5, 0.6) is 0 Å². The van der Waals surface area contributed by atoms with Crippen molar-refractivity contribution < 1.29 is 23.2 Å². The van der Waals surface area contributed by atoms with Crippen LogP contribution in [-0.4, -0.2) is 79.0 Å². The first-order valence-corrected chi connectivity index (χ1v) is 10.5. The summed E-state index contributed by atoms with van der Waals surface area (Å²) in [5, 5.41) is 5.09. The molecule has 1 aromatic carbocycles. The van der Waals surface area contributed by atoms with Crippen molar-refractivity contribution in [1.29, 1.82) is 0 Å².